The molecule has 43 heavy (non-hydrogen) atoms. The first-order valence-corrected chi connectivity index (χ1v) is 15.6. The van der Waals surface area contributed by atoms with Gasteiger partial charge < -0.3 is 4.90 Å². The van der Waals surface area contributed by atoms with Crippen molar-refractivity contribution in [2.75, 3.05) is 4.90 Å². The lowest BCUT2D eigenvalue weighted by Crippen LogP contribution is -2.29. The zero-order valence-corrected chi connectivity index (χ0v) is 26.3. The molecule has 0 amide bonds. The molecule has 7 rings (SSSR count). The number of allylic oxidation sites excluding steroid dienone is 1. The van der Waals surface area contributed by atoms with E-state index in [1.54, 1.807) is 41.7 Å². The van der Waals surface area contributed by atoms with Crippen molar-refractivity contribution in [3.8, 4) is 11.1 Å². The molecule has 0 radical (unpaired) electrons. The SMILES string of the molecule is Cc1cc(C)c(-c2ccc3c(c2)C(C)(C)c2cc(C=C4C(=O)c5ccccc5C4=O)sc2N3c2ccc(Cl)cc2)c(C)c1. The molecule has 212 valence electrons. The fraction of sp³-hybridized carbons (Fsp3) is 0.158. The highest BCUT2D eigenvalue weighted by Gasteiger charge is 2.40. The fourth-order valence-corrected chi connectivity index (χ4v) is 8.18. The van der Waals surface area contributed by atoms with E-state index >= 15 is 0 Å². The third-order valence-corrected chi connectivity index (χ3v) is 10.1. The van der Waals surface area contributed by atoms with Crippen LogP contribution in [-0.2, 0) is 5.41 Å². The number of nitrogens with zero attached hydrogens (tertiary/aromatic N) is 1. The average molecular weight is 600 g/mol. The van der Waals surface area contributed by atoms with Gasteiger partial charge in [0.15, 0.2) is 11.6 Å². The Morgan fingerprint density at radius 1 is 0.767 bits per heavy atom. The summed E-state index contributed by atoms with van der Waals surface area (Å²) in [6.45, 7) is 11.0. The van der Waals surface area contributed by atoms with E-state index in [2.05, 4.69) is 75.9 Å². The number of halogens is 1. The molecule has 0 fully saturated rings. The molecule has 0 bridgehead atoms. The number of carbonyl (C=O) groups is 2. The lowest BCUT2D eigenvalue weighted by molar-refractivity contribution is 0.0990. The van der Waals surface area contributed by atoms with Crippen molar-refractivity contribution in [1.82, 2.24) is 0 Å². The average Bonchev–Trinajstić information content (AvgIpc) is 3.50. The molecule has 2 heterocycles. The van der Waals surface area contributed by atoms with Crippen LogP contribution in [0.15, 0.2) is 90.5 Å². The molecule has 5 aromatic rings. The Morgan fingerprint density at radius 2 is 1.40 bits per heavy atom. The summed E-state index contributed by atoms with van der Waals surface area (Å²) in [4.78, 5) is 29.6. The van der Waals surface area contributed by atoms with Crippen LogP contribution < -0.4 is 4.90 Å². The third kappa shape index (κ3) is 4.31. The van der Waals surface area contributed by atoms with Crippen molar-refractivity contribution in [2.24, 2.45) is 0 Å². The first kappa shape index (κ1) is 27.6. The van der Waals surface area contributed by atoms with Crippen LogP contribution in [0.4, 0.5) is 16.4 Å². The van der Waals surface area contributed by atoms with E-state index in [0.717, 1.165) is 26.8 Å². The summed E-state index contributed by atoms with van der Waals surface area (Å²) in [5.41, 5.74) is 11.5. The molecular formula is C38H30ClNO2S. The van der Waals surface area contributed by atoms with Crippen LogP contribution in [0.2, 0.25) is 5.02 Å². The first-order valence-electron chi connectivity index (χ1n) is 14.4. The largest absolute Gasteiger partial charge is 0.301 e. The van der Waals surface area contributed by atoms with Gasteiger partial charge in [-0.2, -0.15) is 0 Å². The summed E-state index contributed by atoms with van der Waals surface area (Å²) in [6, 6.07) is 28.4. The maximum Gasteiger partial charge on any atom is 0.197 e. The first-order chi connectivity index (χ1) is 20.5. The predicted molar refractivity (Wildman–Crippen MR) is 179 cm³/mol. The Hall–Kier alpha value is -4.25. The third-order valence-electron chi connectivity index (χ3n) is 8.76. The van der Waals surface area contributed by atoms with E-state index in [4.69, 9.17) is 11.6 Å². The number of fused-ring (bicyclic) bond motifs is 3. The number of rotatable bonds is 3. The quantitative estimate of drug-likeness (QED) is 0.153. The molecule has 0 atom stereocenters. The lowest BCUT2D eigenvalue weighted by atomic mass is 9.74. The Balaban J connectivity index is 1.42. The van der Waals surface area contributed by atoms with Gasteiger partial charge in [0, 0.05) is 32.1 Å². The van der Waals surface area contributed by atoms with E-state index in [9.17, 15) is 9.59 Å². The van der Waals surface area contributed by atoms with Crippen LogP contribution in [0.5, 0.6) is 0 Å². The number of hydrogen-bond donors (Lipinski definition) is 0. The van der Waals surface area contributed by atoms with Crippen molar-refractivity contribution < 1.29 is 9.59 Å². The van der Waals surface area contributed by atoms with Crippen LogP contribution in [-0.4, -0.2) is 11.6 Å². The molecule has 1 aromatic heterocycles. The zero-order chi connectivity index (χ0) is 30.2. The van der Waals surface area contributed by atoms with Gasteiger partial charge in [-0.1, -0.05) is 73.5 Å². The number of anilines is 3. The van der Waals surface area contributed by atoms with Gasteiger partial charge in [0.05, 0.1) is 11.3 Å². The highest BCUT2D eigenvalue weighted by atomic mass is 35.5. The minimum Gasteiger partial charge on any atom is -0.301 e. The van der Waals surface area contributed by atoms with Gasteiger partial charge in [0.2, 0.25) is 0 Å². The van der Waals surface area contributed by atoms with Gasteiger partial charge in [-0.05, 0) is 103 Å². The summed E-state index contributed by atoms with van der Waals surface area (Å²) in [5.74, 6) is -0.421. The van der Waals surface area contributed by atoms with Crippen molar-refractivity contribution >= 4 is 57.0 Å². The van der Waals surface area contributed by atoms with Crippen LogP contribution >= 0.6 is 22.9 Å². The van der Waals surface area contributed by atoms with E-state index in [1.165, 1.54) is 33.4 Å². The molecule has 0 saturated carbocycles. The standard InChI is InChI=1S/C38H30ClNO2S/c1-21-16-22(2)34(23(3)17-21)24-10-15-33-31(18-24)38(4,5)32-20-27(43-37(32)40(33)26-13-11-25(39)12-14-26)19-30-35(41)28-8-6-7-9-29(28)36(30)42/h6-20H,1-5H3. The summed E-state index contributed by atoms with van der Waals surface area (Å²) in [7, 11) is 0. The zero-order valence-electron chi connectivity index (χ0n) is 24.7. The monoisotopic (exact) mass is 599 g/mol. The maximum atomic E-state index is 13.2. The molecular weight excluding hydrogens is 570 g/mol. The summed E-state index contributed by atoms with van der Waals surface area (Å²) >= 11 is 7.90. The van der Waals surface area contributed by atoms with E-state index < -0.39 is 0 Å². The Morgan fingerprint density at radius 3 is 2.02 bits per heavy atom. The molecule has 0 N–H and O–H groups in total. The van der Waals surface area contributed by atoms with Crippen molar-refractivity contribution in [3.63, 3.8) is 0 Å². The topological polar surface area (TPSA) is 37.4 Å². The van der Waals surface area contributed by atoms with Gasteiger partial charge >= 0.3 is 0 Å². The van der Waals surface area contributed by atoms with Gasteiger partial charge in [-0.25, -0.2) is 0 Å². The normalized spacial score (nSPS) is 14.9. The van der Waals surface area contributed by atoms with Crippen LogP contribution in [0.1, 0.15) is 67.3 Å². The summed E-state index contributed by atoms with van der Waals surface area (Å²) in [5, 5.41) is 1.74. The minimum atomic E-state index is -0.337. The number of hydrogen-bond acceptors (Lipinski definition) is 4. The van der Waals surface area contributed by atoms with Crippen molar-refractivity contribution in [1.29, 1.82) is 0 Å². The Kier molecular flexibility index (Phi) is 6.35. The second-order valence-corrected chi connectivity index (χ2v) is 13.6. The van der Waals surface area contributed by atoms with Gasteiger partial charge in [-0.15, -0.1) is 11.3 Å². The molecule has 5 heteroatoms. The minimum absolute atomic E-state index is 0.211. The van der Waals surface area contributed by atoms with Crippen molar-refractivity contribution in [3.05, 3.63) is 139 Å². The lowest BCUT2D eigenvalue weighted by Gasteiger charge is -2.40. The van der Waals surface area contributed by atoms with E-state index in [-0.39, 0.29) is 22.6 Å². The number of ketones is 2. The van der Waals surface area contributed by atoms with Crippen LogP contribution in [0, 0.1) is 20.8 Å². The van der Waals surface area contributed by atoms with Crippen molar-refractivity contribution in [2.45, 2.75) is 40.0 Å². The molecule has 2 aliphatic rings. The summed E-state index contributed by atoms with van der Waals surface area (Å²) in [6.07, 6.45) is 1.78. The second kappa shape index (κ2) is 9.90. The van der Waals surface area contributed by atoms with Crippen LogP contribution in [0.3, 0.4) is 0 Å². The Bertz CT molecular complexity index is 1970. The molecule has 1 aliphatic heterocycles. The molecule has 3 nitrogen and oxygen atoms in total. The number of thiophene rings is 1. The van der Waals surface area contributed by atoms with E-state index in [1.807, 2.05) is 24.3 Å². The highest BCUT2D eigenvalue weighted by Crippen LogP contribution is 2.56. The Labute approximate surface area is 261 Å². The number of carbonyl (C=O) groups excluding carboxylic acids is 2. The summed E-state index contributed by atoms with van der Waals surface area (Å²) < 4.78 is 0. The van der Waals surface area contributed by atoms with Crippen LogP contribution in [0.25, 0.3) is 17.2 Å². The van der Waals surface area contributed by atoms with E-state index in [0.29, 0.717) is 16.1 Å². The second-order valence-electron chi connectivity index (χ2n) is 12.1. The molecule has 0 saturated heterocycles. The van der Waals surface area contributed by atoms with Gasteiger partial charge in [0.25, 0.3) is 0 Å². The maximum absolute atomic E-state index is 13.2. The molecule has 0 unspecified atom stereocenters. The molecule has 4 aromatic carbocycles. The van der Waals surface area contributed by atoms with Gasteiger partial charge in [0.1, 0.15) is 5.00 Å². The number of Topliss-reactive ketones (excluding diaryl/α,β-unsaturated/α-hetero) is 2. The molecule has 1 aliphatic carbocycles. The number of aryl methyl sites for hydroxylation is 3. The fourth-order valence-electron chi connectivity index (χ4n) is 6.75. The smallest absolute Gasteiger partial charge is 0.197 e. The van der Waals surface area contributed by atoms with Gasteiger partial charge in [-0.3, -0.25) is 9.59 Å². The number of benzene rings is 4. The highest BCUT2D eigenvalue weighted by molar-refractivity contribution is 7.17. The molecule has 0 spiro atoms. The predicted octanol–water partition coefficient (Wildman–Crippen LogP) is 10.6.